The van der Waals surface area contributed by atoms with Crippen LogP contribution in [0.3, 0.4) is 0 Å². The van der Waals surface area contributed by atoms with E-state index in [-0.39, 0.29) is 11.9 Å². The Balaban J connectivity index is 2.96. The smallest absolute Gasteiger partial charge is 0.253 e. The second kappa shape index (κ2) is 4.46. The van der Waals surface area contributed by atoms with E-state index in [4.69, 9.17) is 5.73 Å². The summed E-state index contributed by atoms with van der Waals surface area (Å²) in [7, 11) is 0. The molecule has 76 valence electrons. The Labute approximate surface area is 91.8 Å². The normalized spacial score (nSPS) is 10.3. The van der Waals surface area contributed by atoms with Gasteiger partial charge in [0.25, 0.3) is 5.91 Å². The van der Waals surface area contributed by atoms with E-state index in [1.165, 1.54) is 0 Å². The summed E-state index contributed by atoms with van der Waals surface area (Å²) in [5.41, 5.74) is 6.74. The third kappa shape index (κ3) is 2.48. The topological polar surface area (TPSA) is 55.1 Å². The SMILES string of the molecule is CC(C)NC(=O)c1cccc(Br)c1N. The molecule has 0 unspecified atom stereocenters. The lowest BCUT2D eigenvalue weighted by Gasteiger charge is -2.10. The second-order valence-corrected chi connectivity index (χ2v) is 4.18. The maximum absolute atomic E-state index is 11.6. The number of rotatable bonds is 2. The van der Waals surface area contributed by atoms with Gasteiger partial charge in [-0.25, -0.2) is 0 Å². The number of anilines is 1. The number of amides is 1. The van der Waals surface area contributed by atoms with Crippen LogP contribution in [0, 0.1) is 0 Å². The van der Waals surface area contributed by atoms with Gasteiger partial charge in [0.1, 0.15) is 0 Å². The maximum atomic E-state index is 11.6. The monoisotopic (exact) mass is 256 g/mol. The van der Waals surface area contributed by atoms with E-state index < -0.39 is 0 Å². The Morgan fingerprint density at radius 3 is 2.71 bits per heavy atom. The molecule has 4 heteroatoms. The molecule has 0 aliphatic heterocycles. The Kier molecular flexibility index (Phi) is 3.52. The van der Waals surface area contributed by atoms with Crippen molar-refractivity contribution in [2.24, 2.45) is 0 Å². The maximum Gasteiger partial charge on any atom is 0.253 e. The first-order valence-corrected chi connectivity index (χ1v) is 5.16. The molecule has 1 amide bonds. The third-order valence-electron chi connectivity index (χ3n) is 1.72. The highest BCUT2D eigenvalue weighted by atomic mass is 79.9. The fraction of sp³-hybridized carbons (Fsp3) is 0.300. The van der Waals surface area contributed by atoms with Crippen molar-refractivity contribution in [1.29, 1.82) is 0 Å². The van der Waals surface area contributed by atoms with Gasteiger partial charge in [-0.1, -0.05) is 6.07 Å². The van der Waals surface area contributed by atoms with Crippen LogP contribution in [0.15, 0.2) is 22.7 Å². The van der Waals surface area contributed by atoms with Crippen molar-refractivity contribution in [1.82, 2.24) is 5.32 Å². The lowest BCUT2D eigenvalue weighted by molar-refractivity contribution is 0.0944. The third-order valence-corrected chi connectivity index (χ3v) is 2.41. The number of nitrogens with one attached hydrogen (secondary N) is 1. The summed E-state index contributed by atoms with van der Waals surface area (Å²) in [5, 5.41) is 2.79. The van der Waals surface area contributed by atoms with Crippen LogP contribution in [0.4, 0.5) is 5.69 Å². The van der Waals surface area contributed by atoms with Crippen LogP contribution < -0.4 is 11.1 Å². The standard InChI is InChI=1S/C10H13BrN2O/c1-6(2)13-10(14)7-4-3-5-8(11)9(7)12/h3-6H,12H2,1-2H3,(H,13,14). The van der Waals surface area contributed by atoms with Crippen molar-refractivity contribution in [3.8, 4) is 0 Å². The number of hydrogen-bond donors (Lipinski definition) is 2. The average Bonchev–Trinajstić information content (AvgIpc) is 2.08. The number of benzene rings is 1. The Morgan fingerprint density at radius 1 is 1.50 bits per heavy atom. The van der Waals surface area contributed by atoms with E-state index in [2.05, 4.69) is 21.2 Å². The van der Waals surface area contributed by atoms with Crippen LogP contribution in [0.2, 0.25) is 0 Å². The quantitative estimate of drug-likeness (QED) is 0.798. The van der Waals surface area contributed by atoms with E-state index in [1.54, 1.807) is 12.1 Å². The van der Waals surface area contributed by atoms with Crippen LogP contribution >= 0.6 is 15.9 Å². The summed E-state index contributed by atoms with van der Waals surface area (Å²) in [6, 6.07) is 5.41. The van der Waals surface area contributed by atoms with Gasteiger partial charge in [0.15, 0.2) is 0 Å². The zero-order chi connectivity index (χ0) is 10.7. The predicted molar refractivity (Wildman–Crippen MR) is 61.2 cm³/mol. The molecule has 1 aromatic rings. The van der Waals surface area contributed by atoms with Crippen molar-refractivity contribution in [3.63, 3.8) is 0 Å². The molecule has 3 N–H and O–H groups in total. The second-order valence-electron chi connectivity index (χ2n) is 3.33. The van der Waals surface area contributed by atoms with Gasteiger partial charge >= 0.3 is 0 Å². The van der Waals surface area contributed by atoms with Crippen molar-refractivity contribution in [2.45, 2.75) is 19.9 Å². The van der Waals surface area contributed by atoms with Gasteiger partial charge in [-0.3, -0.25) is 4.79 Å². The molecular formula is C10H13BrN2O. The summed E-state index contributed by atoms with van der Waals surface area (Å²) >= 11 is 3.28. The fourth-order valence-electron chi connectivity index (χ4n) is 1.07. The highest BCUT2D eigenvalue weighted by molar-refractivity contribution is 9.10. The van der Waals surface area contributed by atoms with E-state index >= 15 is 0 Å². The van der Waals surface area contributed by atoms with E-state index in [9.17, 15) is 4.79 Å². The van der Waals surface area contributed by atoms with Crippen molar-refractivity contribution in [2.75, 3.05) is 5.73 Å². The molecule has 1 rings (SSSR count). The van der Waals surface area contributed by atoms with Gasteiger partial charge in [0.2, 0.25) is 0 Å². The lowest BCUT2D eigenvalue weighted by atomic mass is 10.1. The highest BCUT2D eigenvalue weighted by Crippen LogP contribution is 2.22. The molecule has 0 aromatic heterocycles. The van der Waals surface area contributed by atoms with Crippen LogP contribution in [0.5, 0.6) is 0 Å². The summed E-state index contributed by atoms with van der Waals surface area (Å²) in [6.07, 6.45) is 0. The first kappa shape index (κ1) is 11.0. The van der Waals surface area contributed by atoms with Gasteiger partial charge < -0.3 is 11.1 Å². The van der Waals surface area contributed by atoms with Crippen molar-refractivity contribution in [3.05, 3.63) is 28.2 Å². The van der Waals surface area contributed by atoms with E-state index in [0.29, 0.717) is 11.3 Å². The number of para-hydroxylation sites is 1. The average molecular weight is 257 g/mol. The van der Waals surface area contributed by atoms with Gasteiger partial charge in [-0.15, -0.1) is 0 Å². The number of carbonyl (C=O) groups excluding carboxylic acids is 1. The molecule has 0 saturated carbocycles. The minimum absolute atomic E-state index is 0.112. The van der Waals surface area contributed by atoms with Crippen molar-refractivity contribution >= 4 is 27.5 Å². The molecular weight excluding hydrogens is 244 g/mol. The molecule has 0 radical (unpaired) electrons. The van der Waals surface area contributed by atoms with Gasteiger partial charge in [0.05, 0.1) is 11.3 Å². The molecule has 0 saturated heterocycles. The molecule has 0 aliphatic rings. The zero-order valence-electron chi connectivity index (χ0n) is 8.17. The van der Waals surface area contributed by atoms with Gasteiger partial charge in [-0.2, -0.15) is 0 Å². The van der Waals surface area contributed by atoms with E-state index in [1.807, 2.05) is 19.9 Å². The first-order valence-electron chi connectivity index (χ1n) is 4.37. The Bertz CT molecular complexity index is 350. The zero-order valence-corrected chi connectivity index (χ0v) is 9.76. The molecule has 14 heavy (non-hydrogen) atoms. The van der Waals surface area contributed by atoms with E-state index in [0.717, 1.165) is 4.47 Å². The number of nitrogen functional groups attached to an aromatic ring is 1. The fourth-order valence-corrected chi connectivity index (χ4v) is 1.44. The molecule has 0 fully saturated rings. The Morgan fingerprint density at radius 2 is 2.14 bits per heavy atom. The number of carbonyl (C=O) groups is 1. The molecule has 0 atom stereocenters. The van der Waals surface area contributed by atoms with Gasteiger partial charge in [-0.05, 0) is 41.9 Å². The lowest BCUT2D eigenvalue weighted by Crippen LogP contribution is -2.30. The minimum Gasteiger partial charge on any atom is -0.397 e. The number of halogens is 1. The summed E-state index contributed by atoms with van der Waals surface area (Å²) < 4.78 is 0.744. The number of hydrogen-bond acceptors (Lipinski definition) is 2. The highest BCUT2D eigenvalue weighted by Gasteiger charge is 2.11. The molecule has 0 heterocycles. The minimum atomic E-state index is -0.140. The van der Waals surface area contributed by atoms with Crippen molar-refractivity contribution < 1.29 is 4.79 Å². The predicted octanol–water partition coefficient (Wildman–Crippen LogP) is 2.17. The summed E-state index contributed by atoms with van der Waals surface area (Å²) in [4.78, 5) is 11.6. The largest absolute Gasteiger partial charge is 0.397 e. The summed E-state index contributed by atoms with van der Waals surface area (Å²) in [5.74, 6) is -0.140. The first-order chi connectivity index (χ1) is 6.52. The van der Waals surface area contributed by atoms with Crippen LogP contribution in [0.1, 0.15) is 24.2 Å². The van der Waals surface area contributed by atoms with Crippen LogP contribution in [0.25, 0.3) is 0 Å². The van der Waals surface area contributed by atoms with Crippen LogP contribution in [-0.4, -0.2) is 11.9 Å². The molecule has 0 aliphatic carbocycles. The van der Waals surface area contributed by atoms with Gasteiger partial charge in [0, 0.05) is 10.5 Å². The molecule has 0 bridgehead atoms. The molecule has 3 nitrogen and oxygen atoms in total. The Hall–Kier alpha value is -1.03. The summed E-state index contributed by atoms with van der Waals surface area (Å²) in [6.45, 7) is 3.82. The number of nitrogens with two attached hydrogens (primary N) is 1. The molecule has 0 spiro atoms. The van der Waals surface area contributed by atoms with Crippen LogP contribution in [-0.2, 0) is 0 Å². The molecule has 1 aromatic carbocycles.